The molecule has 4 nitrogen and oxygen atoms in total. The second-order valence-electron chi connectivity index (χ2n) is 3.96. The highest BCUT2D eigenvalue weighted by atomic mass is 35.5. The van der Waals surface area contributed by atoms with E-state index in [1.165, 1.54) is 36.7 Å². The van der Waals surface area contributed by atoms with Crippen LogP contribution in [0.3, 0.4) is 0 Å². The molecule has 0 spiro atoms. The normalized spacial score (nSPS) is 11.3. The molecule has 20 heavy (non-hydrogen) atoms. The van der Waals surface area contributed by atoms with Gasteiger partial charge in [-0.15, -0.1) is 0 Å². The molecule has 0 bridgehead atoms. The summed E-state index contributed by atoms with van der Waals surface area (Å²) in [5.41, 5.74) is 0.243. The molecule has 0 amide bonds. The maximum atomic E-state index is 13.3. The van der Waals surface area contributed by atoms with Crippen LogP contribution in [0, 0.1) is 5.82 Å². The number of hydrogen-bond acceptors (Lipinski definition) is 3. The first-order chi connectivity index (χ1) is 9.46. The van der Waals surface area contributed by atoms with Gasteiger partial charge in [0.1, 0.15) is 10.7 Å². The summed E-state index contributed by atoms with van der Waals surface area (Å²) < 4.78 is 39.5. The summed E-state index contributed by atoms with van der Waals surface area (Å²) in [4.78, 5) is 3.67. The minimum absolute atomic E-state index is 0.0786. The van der Waals surface area contributed by atoms with Crippen molar-refractivity contribution in [2.75, 3.05) is 10.8 Å². The smallest absolute Gasteiger partial charge is 0.266 e. The molecule has 1 aromatic heterocycles. The summed E-state index contributed by atoms with van der Waals surface area (Å²) in [6, 6.07) is 6.78. The van der Waals surface area contributed by atoms with Gasteiger partial charge >= 0.3 is 0 Å². The van der Waals surface area contributed by atoms with Crippen LogP contribution in [0.2, 0.25) is 5.02 Å². The molecule has 0 radical (unpaired) electrons. The highest BCUT2D eigenvalue weighted by Crippen LogP contribution is 2.27. The van der Waals surface area contributed by atoms with E-state index in [9.17, 15) is 12.8 Å². The molecule has 0 saturated heterocycles. The minimum atomic E-state index is -3.88. The van der Waals surface area contributed by atoms with Crippen LogP contribution >= 0.6 is 11.6 Å². The van der Waals surface area contributed by atoms with Gasteiger partial charge in [0.25, 0.3) is 10.0 Å². The van der Waals surface area contributed by atoms with Crippen LogP contribution in [-0.2, 0) is 10.0 Å². The average molecular weight is 315 g/mol. The summed E-state index contributed by atoms with van der Waals surface area (Å²) in [7, 11) is -3.88. The molecule has 7 heteroatoms. The highest BCUT2D eigenvalue weighted by Gasteiger charge is 2.26. The van der Waals surface area contributed by atoms with Crippen molar-refractivity contribution >= 4 is 27.3 Å². The van der Waals surface area contributed by atoms with Gasteiger partial charge < -0.3 is 0 Å². The zero-order valence-electron chi connectivity index (χ0n) is 10.6. The molecule has 0 fully saturated rings. The average Bonchev–Trinajstić information content (AvgIpc) is 2.39. The molecular formula is C13H12ClFN2O2S. The molecule has 1 heterocycles. The van der Waals surface area contributed by atoms with E-state index < -0.39 is 15.8 Å². The lowest BCUT2D eigenvalue weighted by Crippen LogP contribution is -2.31. The van der Waals surface area contributed by atoms with Gasteiger partial charge in [-0.05, 0) is 31.2 Å². The topological polar surface area (TPSA) is 50.3 Å². The number of rotatable bonds is 4. The number of sulfonamides is 1. The first-order valence-electron chi connectivity index (χ1n) is 5.84. The second-order valence-corrected chi connectivity index (χ2v) is 6.19. The predicted molar refractivity (Wildman–Crippen MR) is 75.9 cm³/mol. The third-order valence-electron chi connectivity index (χ3n) is 2.69. The molecule has 0 atom stereocenters. The minimum Gasteiger partial charge on any atom is -0.266 e. The molecule has 0 aliphatic heterocycles. The number of hydrogen-bond donors (Lipinski definition) is 0. The van der Waals surface area contributed by atoms with Gasteiger partial charge in [-0.25, -0.2) is 12.8 Å². The van der Waals surface area contributed by atoms with Crippen molar-refractivity contribution < 1.29 is 12.8 Å². The largest absolute Gasteiger partial charge is 0.267 e. The van der Waals surface area contributed by atoms with Gasteiger partial charge in [0.05, 0.1) is 10.7 Å². The summed E-state index contributed by atoms with van der Waals surface area (Å²) in [6.07, 6.45) is 2.58. The van der Waals surface area contributed by atoms with Crippen molar-refractivity contribution in [3.8, 4) is 0 Å². The van der Waals surface area contributed by atoms with Crippen molar-refractivity contribution in [3.05, 3.63) is 53.6 Å². The monoisotopic (exact) mass is 314 g/mol. The first kappa shape index (κ1) is 14.7. The lowest BCUT2D eigenvalue weighted by Gasteiger charge is -2.23. The number of nitrogens with zero attached hydrogens (tertiary/aromatic N) is 2. The van der Waals surface area contributed by atoms with E-state index in [0.29, 0.717) is 0 Å². The van der Waals surface area contributed by atoms with Crippen LogP contribution in [0.15, 0.2) is 47.6 Å². The molecule has 0 N–H and O–H groups in total. The van der Waals surface area contributed by atoms with E-state index in [2.05, 4.69) is 4.98 Å². The third kappa shape index (κ3) is 2.76. The van der Waals surface area contributed by atoms with Gasteiger partial charge in [-0.1, -0.05) is 17.7 Å². The Hall–Kier alpha value is -1.66. The van der Waals surface area contributed by atoms with E-state index in [1.807, 2.05) is 0 Å². The zero-order valence-corrected chi connectivity index (χ0v) is 12.2. The zero-order chi connectivity index (χ0) is 14.8. The summed E-state index contributed by atoms with van der Waals surface area (Å²) in [5, 5.41) is 0.0786. The van der Waals surface area contributed by atoms with Crippen LogP contribution in [0.1, 0.15) is 6.92 Å². The van der Waals surface area contributed by atoms with Crippen molar-refractivity contribution in [2.45, 2.75) is 11.8 Å². The van der Waals surface area contributed by atoms with E-state index in [0.717, 1.165) is 10.4 Å². The van der Waals surface area contributed by atoms with Gasteiger partial charge in [-0.2, -0.15) is 0 Å². The molecule has 2 aromatic rings. The standard InChI is InChI=1S/C13H12ClFN2O2S/c1-2-17(11-5-3-4-10(15)8-11)20(18,19)13-9-16-7-6-12(13)14/h3-9H,2H2,1H3. The van der Waals surface area contributed by atoms with Crippen LogP contribution in [0.25, 0.3) is 0 Å². The maximum absolute atomic E-state index is 13.3. The maximum Gasteiger partial charge on any atom is 0.267 e. The SMILES string of the molecule is CCN(c1cccc(F)c1)S(=O)(=O)c1cnccc1Cl. The molecule has 0 unspecified atom stereocenters. The van der Waals surface area contributed by atoms with E-state index in [-0.39, 0.29) is 22.2 Å². The Morgan fingerprint density at radius 2 is 2.10 bits per heavy atom. The highest BCUT2D eigenvalue weighted by molar-refractivity contribution is 7.93. The van der Waals surface area contributed by atoms with Crippen LogP contribution in [0.4, 0.5) is 10.1 Å². The van der Waals surface area contributed by atoms with Gasteiger partial charge in [-0.3, -0.25) is 9.29 Å². The van der Waals surface area contributed by atoms with Crippen molar-refractivity contribution in [3.63, 3.8) is 0 Å². The van der Waals surface area contributed by atoms with Crippen LogP contribution < -0.4 is 4.31 Å². The summed E-state index contributed by atoms with van der Waals surface area (Å²) in [5.74, 6) is -0.506. The van der Waals surface area contributed by atoms with Crippen molar-refractivity contribution in [1.82, 2.24) is 4.98 Å². The molecule has 0 aliphatic rings. The van der Waals surface area contributed by atoms with E-state index in [1.54, 1.807) is 6.92 Å². The van der Waals surface area contributed by atoms with Crippen LogP contribution in [-0.4, -0.2) is 19.9 Å². The Kier molecular flexibility index (Phi) is 4.25. The number of halogens is 2. The Labute approximate surface area is 121 Å². The molecule has 0 saturated carbocycles. The summed E-state index contributed by atoms with van der Waals surface area (Å²) in [6.45, 7) is 1.81. The lowest BCUT2D eigenvalue weighted by atomic mass is 10.3. The third-order valence-corrected chi connectivity index (χ3v) is 5.06. The first-order valence-corrected chi connectivity index (χ1v) is 7.66. The molecular weight excluding hydrogens is 303 g/mol. The Bertz CT molecular complexity index is 722. The van der Waals surface area contributed by atoms with Crippen LogP contribution in [0.5, 0.6) is 0 Å². The molecule has 1 aromatic carbocycles. The summed E-state index contributed by atoms with van der Waals surface area (Å²) >= 11 is 5.91. The lowest BCUT2D eigenvalue weighted by molar-refractivity contribution is 0.591. The fraction of sp³-hybridized carbons (Fsp3) is 0.154. The van der Waals surface area contributed by atoms with E-state index in [4.69, 9.17) is 11.6 Å². The van der Waals surface area contributed by atoms with Crippen molar-refractivity contribution in [2.24, 2.45) is 0 Å². The molecule has 106 valence electrons. The fourth-order valence-corrected chi connectivity index (χ4v) is 3.67. The fourth-order valence-electron chi connectivity index (χ4n) is 1.79. The van der Waals surface area contributed by atoms with Gasteiger partial charge in [0.2, 0.25) is 0 Å². The quantitative estimate of drug-likeness (QED) is 0.871. The number of pyridine rings is 1. The Balaban J connectivity index is 2.54. The van der Waals surface area contributed by atoms with Crippen molar-refractivity contribution in [1.29, 1.82) is 0 Å². The predicted octanol–water partition coefficient (Wildman–Crippen LogP) is 3.09. The number of anilines is 1. The van der Waals surface area contributed by atoms with Gasteiger partial charge in [0.15, 0.2) is 0 Å². The molecule has 2 rings (SSSR count). The molecule has 0 aliphatic carbocycles. The van der Waals surface area contributed by atoms with E-state index >= 15 is 0 Å². The van der Waals surface area contributed by atoms with Gasteiger partial charge in [0, 0.05) is 18.9 Å². The Morgan fingerprint density at radius 3 is 2.70 bits per heavy atom. The second kappa shape index (κ2) is 5.76. The Morgan fingerprint density at radius 1 is 1.35 bits per heavy atom. The number of benzene rings is 1. The number of aromatic nitrogens is 1.